The van der Waals surface area contributed by atoms with Crippen LogP contribution in [-0.2, 0) is 0 Å². The molecule has 2 rings (SSSR count). The molecular weight excluding hydrogens is 315 g/mol. The van der Waals surface area contributed by atoms with Crippen molar-refractivity contribution in [1.29, 1.82) is 0 Å². The first-order valence-electron chi connectivity index (χ1n) is 7.19. The lowest BCUT2D eigenvalue weighted by Crippen LogP contribution is -1.98. The molecule has 0 heterocycles. The fourth-order valence-corrected chi connectivity index (χ4v) is 2.51. The zero-order chi connectivity index (χ0) is 14.9. The minimum Gasteiger partial charge on any atom is -0.398 e. The minimum absolute atomic E-state index is 0. The number of anilines is 2. The van der Waals surface area contributed by atoms with Crippen molar-refractivity contribution in [1.82, 2.24) is 0 Å². The van der Waals surface area contributed by atoms with Crippen molar-refractivity contribution in [3.63, 3.8) is 0 Å². The molecule has 0 saturated carbocycles. The highest BCUT2D eigenvalue weighted by Gasteiger charge is 2.09. The molecule has 2 aromatic rings. The monoisotopic (exact) mass is 340 g/mol. The predicted octanol–water partition coefficient (Wildman–Crippen LogP) is 5.61. The molecule has 0 bridgehead atoms. The summed E-state index contributed by atoms with van der Waals surface area (Å²) >= 11 is 0. The van der Waals surface area contributed by atoms with E-state index in [4.69, 9.17) is 11.5 Å². The van der Waals surface area contributed by atoms with Crippen molar-refractivity contribution in [2.24, 2.45) is 0 Å². The van der Waals surface area contributed by atoms with E-state index < -0.39 is 0 Å². The molecule has 0 radical (unpaired) electrons. The molecular formula is C18H26Cl2N2. The Morgan fingerprint density at radius 3 is 1.23 bits per heavy atom. The van der Waals surface area contributed by atoms with Gasteiger partial charge in [-0.3, -0.25) is 0 Å². The van der Waals surface area contributed by atoms with Gasteiger partial charge < -0.3 is 11.5 Å². The third kappa shape index (κ3) is 4.31. The fraction of sp³-hybridized carbons (Fsp3) is 0.333. The van der Waals surface area contributed by atoms with Crippen LogP contribution in [0.15, 0.2) is 36.4 Å². The van der Waals surface area contributed by atoms with Crippen molar-refractivity contribution in [3.05, 3.63) is 47.5 Å². The van der Waals surface area contributed by atoms with Crippen LogP contribution in [0.5, 0.6) is 0 Å². The Bertz CT molecular complexity index is 567. The van der Waals surface area contributed by atoms with E-state index in [2.05, 4.69) is 52.0 Å². The lowest BCUT2D eigenvalue weighted by molar-refractivity contribution is 0.868. The predicted molar refractivity (Wildman–Crippen MR) is 103 cm³/mol. The molecule has 0 atom stereocenters. The summed E-state index contributed by atoms with van der Waals surface area (Å²) < 4.78 is 0. The number of hydrogen-bond acceptors (Lipinski definition) is 2. The van der Waals surface area contributed by atoms with E-state index in [0.717, 1.165) is 11.4 Å². The van der Waals surface area contributed by atoms with Gasteiger partial charge in [0, 0.05) is 11.4 Å². The van der Waals surface area contributed by atoms with E-state index >= 15 is 0 Å². The molecule has 0 fully saturated rings. The lowest BCUT2D eigenvalue weighted by Gasteiger charge is -2.14. The Morgan fingerprint density at radius 2 is 0.955 bits per heavy atom. The van der Waals surface area contributed by atoms with Crippen LogP contribution < -0.4 is 11.5 Å². The van der Waals surface area contributed by atoms with Crippen LogP contribution in [0, 0.1) is 0 Å². The van der Waals surface area contributed by atoms with Gasteiger partial charge in [-0.2, -0.15) is 0 Å². The van der Waals surface area contributed by atoms with Crippen molar-refractivity contribution in [2.75, 3.05) is 11.5 Å². The van der Waals surface area contributed by atoms with Gasteiger partial charge in [-0.05, 0) is 58.4 Å². The second-order valence-electron chi connectivity index (χ2n) is 6.00. The number of hydrogen-bond donors (Lipinski definition) is 2. The van der Waals surface area contributed by atoms with Crippen LogP contribution in [0.4, 0.5) is 11.4 Å². The van der Waals surface area contributed by atoms with Crippen LogP contribution in [-0.4, -0.2) is 0 Å². The van der Waals surface area contributed by atoms with Crippen LogP contribution >= 0.6 is 24.8 Å². The minimum atomic E-state index is 0. The van der Waals surface area contributed by atoms with E-state index in [9.17, 15) is 0 Å². The molecule has 4 N–H and O–H groups in total. The normalized spacial score (nSPS) is 10.3. The lowest BCUT2D eigenvalue weighted by atomic mass is 9.92. The summed E-state index contributed by atoms with van der Waals surface area (Å²) in [5.74, 6) is 0.849. The highest BCUT2D eigenvalue weighted by Crippen LogP contribution is 2.32. The van der Waals surface area contributed by atoms with Crippen molar-refractivity contribution in [2.45, 2.75) is 39.5 Å². The van der Waals surface area contributed by atoms with Gasteiger partial charge in [-0.25, -0.2) is 0 Å². The van der Waals surface area contributed by atoms with Gasteiger partial charge in [-0.1, -0.05) is 39.8 Å². The maximum absolute atomic E-state index is 6.05. The SMILES string of the molecule is CC(C)c1cc(-c2ccc(N)c(C(C)C)c2)ccc1N.Cl.Cl. The number of nitrogen functional groups attached to an aromatic ring is 2. The van der Waals surface area contributed by atoms with Crippen molar-refractivity contribution >= 4 is 36.2 Å². The molecule has 2 aromatic carbocycles. The third-order valence-corrected chi connectivity index (χ3v) is 3.75. The van der Waals surface area contributed by atoms with E-state index in [1.807, 2.05) is 12.1 Å². The number of nitrogens with two attached hydrogens (primary N) is 2. The average Bonchev–Trinajstić information content (AvgIpc) is 2.39. The Balaban J connectivity index is 0.00000220. The molecule has 0 aliphatic heterocycles. The average molecular weight is 341 g/mol. The molecule has 122 valence electrons. The first-order valence-corrected chi connectivity index (χ1v) is 7.19. The number of benzene rings is 2. The van der Waals surface area contributed by atoms with Crippen LogP contribution in [0.2, 0.25) is 0 Å². The Hall–Kier alpha value is -1.38. The molecule has 2 nitrogen and oxygen atoms in total. The third-order valence-electron chi connectivity index (χ3n) is 3.75. The van der Waals surface area contributed by atoms with E-state index in [1.54, 1.807) is 0 Å². The second-order valence-corrected chi connectivity index (χ2v) is 6.00. The Morgan fingerprint density at radius 1 is 0.636 bits per heavy atom. The van der Waals surface area contributed by atoms with Crippen LogP contribution in [0.3, 0.4) is 0 Å². The molecule has 0 spiro atoms. The summed E-state index contributed by atoms with van der Waals surface area (Å²) in [6.07, 6.45) is 0. The van der Waals surface area contributed by atoms with Gasteiger partial charge in [-0.15, -0.1) is 24.8 Å². The Kier molecular flexibility index (Phi) is 7.78. The van der Waals surface area contributed by atoms with Gasteiger partial charge in [0.15, 0.2) is 0 Å². The summed E-state index contributed by atoms with van der Waals surface area (Å²) in [7, 11) is 0. The highest BCUT2D eigenvalue weighted by molar-refractivity contribution is 5.85. The Labute approximate surface area is 146 Å². The first-order chi connectivity index (χ1) is 9.40. The molecule has 0 aliphatic carbocycles. The summed E-state index contributed by atoms with van der Waals surface area (Å²) in [6, 6.07) is 12.5. The summed E-state index contributed by atoms with van der Waals surface area (Å²) in [6.45, 7) is 8.66. The second kappa shape index (κ2) is 8.30. The van der Waals surface area contributed by atoms with Crippen LogP contribution in [0.25, 0.3) is 11.1 Å². The van der Waals surface area contributed by atoms with Gasteiger partial charge >= 0.3 is 0 Å². The molecule has 22 heavy (non-hydrogen) atoms. The summed E-state index contributed by atoms with van der Waals surface area (Å²) in [5, 5.41) is 0. The molecule has 4 heteroatoms. The highest BCUT2D eigenvalue weighted by atomic mass is 35.5. The summed E-state index contributed by atoms with van der Waals surface area (Å²) in [4.78, 5) is 0. The summed E-state index contributed by atoms with van der Waals surface area (Å²) in [5.41, 5.74) is 18.6. The van der Waals surface area contributed by atoms with Crippen LogP contribution in [0.1, 0.15) is 50.7 Å². The van der Waals surface area contributed by atoms with Gasteiger partial charge in [0.1, 0.15) is 0 Å². The van der Waals surface area contributed by atoms with E-state index in [1.165, 1.54) is 22.3 Å². The topological polar surface area (TPSA) is 52.0 Å². The standard InChI is InChI=1S/C18H24N2.2ClH/c1-11(2)15-9-13(5-7-17(15)19)14-6-8-18(20)16(10-14)12(3)4;;/h5-12H,19-20H2,1-4H3;2*1H. The molecule has 0 aromatic heterocycles. The molecule has 0 unspecified atom stereocenters. The van der Waals surface area contributed by atoms with Gasteiger partial charge in [0.25, 0.3) is 0 Å². The maximum atomic E-state index is 6.05. The van der Waals surface area contributed by atoms with E-state index in [0.29, 0.717) is 11.8 Å². The zero-order valence-electron chi connectivity index (χ0n) is 13.6. The zero-order valence-corrected chi connectivity index (χ0v) is 15.2. The van der Waals surface area contributed by atoms with Gasteiger partial charge in [0.05, 0.1) is 0 Å². The molecule has 0 aliphatic rings. The van der Waals surface area contributed by atoms with Crippen molar-refractivity contribution < 1.29 is 0 Å². The number of halogens is 2. The molecule has 0 amide bonds. The maximum Gasteiger partial charge on any atom is 0.0349 e. The number of rotatable bonds is 3. The van der Waals surface area contributed by atoms with Gasteiger partial charge in [0.2, 0.25) is 0 Å². The first kappa shape index (κ1) is 20.6. The van der Waals surface area contributed by atoms with E-state index in [-0.39, 0.29) is 24.8 Å². The fourth-order valence-electron chi connectivity index (χ4n) is 2.51. The molecule has 0 saturated heterocycles. The largest absolute Gasteiger partial charge is 0.398 e. The quantitative estimate of drug-likeness (QED) is 0.713. The van der Waals surface area contributed by atoms with Crippen molar-refractivity contribution in [3.8, 4) is 11.1 Å². The smallest absolute Gasteiger partial charge is 0.0349 e.